The van der Waals surface area contributed by atoms with E-state index in [0.29, 0.717) is 37.4 Å². The van der Waals surface area contributed by atoms with Crippen molar-refractivity contribution >= 4 is 21.5 Å². The van der Waals surface area contributed by atoms with Crippen LogP contribution in [0.5, 0.6) is 17.2 Å². The zero-order valence-electron chi connectivity index (χ0n) is 23.8. The van der Waals surface area contributed by atoms with Gasteiger partial charge in [0.2, 0.25) is 0 Å². The Labute approximate surface area is 218 Å². The van der Waals surface area contributed by atoms with Gasteiger partial charge in [0.05, 0.1) is 7.11 Å². The quantitative estimate of drug-likeness (QED) is 0.239. The molecule has 0 aromatic heterocycles. The van der Waals surface area contributed by atoms with E-state index >= 15 is 0 Å². The fraction of sp³-hybridized carbons (Fsp3) is 0.548. The molecule has 0 amide bonds. The van der Waals surface area contributed by atoms with Crippen molar-refractivity contribution in [3.05, 3.63) is 42.5 Å². The van der Waals surface area contributed by atoms with E-state index in [4.69, 9.17) is 14.2 Å². The summed E-state index contributed by atoms with van der Waals surface area (Å²) in [6, 6.07) is 16.7. The molecule has 0 radical (unpaired) electrons. The van der Waals surface area contributed by atoms with Gasteiger partial charge in [0.25, 0.3) is 0 Å². The van der Waals surface area contributed by atoms with Crippen LogP contribution in [0.15, 0.2) is 42.5 Å². The molecule has 0 heterocycles. The highest BCUT2D eigenvalue weighted by atomic mass is 16.5. The lowest BCUT2D eigenvalue weighted by Gasteiger charge is -2.30. The van der Waals surface area contributed by atoms with E-state index in [1.807, 2.05) is 0 Å². The third-order valence-electron chi connectivity index (χ3n) is 6.97. The number of nitrogens with zero attached hydrogens (tertiary/aromatic N) is 2. The van der Waals surface area contributed by atoms with Gasteiger partial charge in [0, 0.05) is 42.6 Å². The molecule has 0 saturated carbocycles. The molecule has 0 aliphatic rings. The summed E-state index contributed by atoms with van der Waals surface area (Å²) in [6.07, 6.45) is 0. The molecule has 0 aliphatic heterocycles. The van der Waals surface area contributed by atoms with Crippen molar-refractivity contribution in [3.8, 4) is 17.2 Å². The standard InChI is InChI=1S/C31H46N2O3/c1-21(2)32(22(3)4)14-16-35-26-10-12-28-25(18-26)19-31(34-9)30-20-27(11-13-29(28)30)36-17-15-33(23(5)6)24(7)8/h10-13,18-24H,14-17H2,1-9H3. The minimum Gasteiger partial charge on any atom is -0.496 e. The van der Waals surface area contributed by atoms with Gasteiger partial charge in [0.15, 0.2) is 0 Å². The van der Waals surface area contributed by atoms with E-state index in [1.54, 1.807) is 7.11 Å². The maximum atomic E-state index is 6.15. The van der Waals surface area contributed by atoms with Gasteiger partial charge in [-0.1, -0.05) is 6.07 Å². The Balaban J connectivity index is 1.78. The zero-order chi connectivity index (χ0) is 26.4. The third kappa shape index (κ3) is 6.83. The molecule has 0 N–H and O–H groups in total. The summed E-state index contributed by atoms with van der Waals surface area (Å²) < 4.78 is 18.1. The molecule has 0 unspecified atom stereocenters. The summed E-state index contributed by atoms with van der Waals surface area (Å²) in [5.41, 5.74) is 0. The topological polar surface area (TPSA) is 34.2 Å². The maximum absolute atomic E-state index is 6.15. The van der Waals surface area contributed by atoms with Crippen molar-refractivity contribution in [1.82, 2.24) is 9.80 Å². The summed E-state index contributed by atoms with van der Waals surface area (Å²) in [6.45, 7) is 21.0. The van der Waals surface area contributed by atoms with Gasteiger partial charge < -0.3 is 14.2 Å². The fourth-order valence-corrected chi connectivity index (χ4v) is 5.20. The summed E-state index contributed by atoms with van der Waals surface area (Å²) >= 11 is 0. The van der Waals surface area contributed by atoms with Gasteiger partial charge >= 0.3 is 0 Å². The van der Waals surface area contributed by atoms with Crippen LogP contribution in [-0.2, 0) is 0 Å². The number of ether oxygens (including phenoxy) is 3. The largest absolute Gasteiger partial charge is 0.496 e. The molecular formula is C31H46N2O3. The van der Waals surface area contributed by atoms with Crippen molar-refractivity contribution in [2.75, 3.05) is 33.4 Å². The molecule has 5 nitrogen and oxygen atoms in total. The molecular weight excluding hydrogens is 448 g/mol. The molecule has 0 spiro atoms. The average molecular weight is 495 g/mol. The highest BCUT2D eigenvalue weighted by Crippen LogP contribution is 2.37. The van der Waals surface area contributed by atoms with Crippen LogP contribution in [0.4, 0.5) is 0 Å². The molecule has 0 atom stereocenters. The van der Waals surface area contributed by atoms with Gasteiger partial charge in [-0.05, 0) is 108 Å². The molecule has 3 aromatic carbocycles. The molecule has 0 fully saturated rings. The molecule has 0 saturated heterocycles. The van der Waals surface area contributed by atoms with E-state index in [9.17, 15) is 0 Å². The van der Waals surface area contributed by atoms with Gasteiger partial charge in [-0.2, -0.15) is 0 Å². The monoisotopic (exact) mass is 494 g/mol. The number of hydrogen-bond donors (Lipinski definition) is 0. The molecule has 36 heavy (non-hydrogen) atoms. The first-order chi connectivity index (χ1) is 17.1. The van der Waals surface area contributed by atoms with Crippen molar-refractivity contribution in [2.24, 2.45) is 0 Å². The second kappa shape index (κ2) is 12.6. The Hall–Kier alpha value is -2.50. The summed E-state index contributed by atoms with van der Waals surface area (Å²) in [7, 11) is 1.73. The summed E-state index contributed by atoms with van der Waals surface area (Å²) in [4.78, 5) is 4.89. The second-order valence-corrected chi connectivity index (χ2v) is 10.7. The van der Waals surface area contributed by atoms with Crippen LogP contribution in [0.1, 0.15) is 55.4 Å². The lowest BCUT2D eigenvalue weighted by Crippen LogP contribution is -2.39. The zero-order valence-corrected chi connectivity index (χ0v) is 23.8. The number of fused-ring (bicyclic) bond motifs is 3. The highest BCUT2D eigenvalue weighted by molar-refractivity contribution is 6.11. The number of benzene rings is 3. The first-order valence-electron chi connectivity index (χ1n) is 13.4. The van der Waals surface area contributed by atoms with Gasteiger partial charge in [0.1, 0.15) is 30.5 Å². The Kier molecular flexibility index (Phi) is 9.86. The normalized spacial score (nSPS) is 12.3. The van der Waals surface area contributed by atoms with Gasteiger partial charge in [-0.3, -0.25) is 9.80 Å². The smallest absolute Gasteiger partial charge is 0.127 e. The molecule has 3 rings (SSSR count). The van der Waals surface area contributed by atoms with E-state index < -0.39 is 0 Å². The SMILES string of the molecule is COc1cc2cc(OCCN(C(C)C)C(C)C)ccc2c2ccc(OCCN(C(C)C)C(C)C)cc12. The minimum absolute atomic E-state index is 0.495. The Morgan fingerprint density at radius 1 is 0.583 bits per heavy atom. The van der Waals surface area contributed by atoms with Crippen LogP contribution >= 0.6 is 0 Å². The van der Waals surface area contributed by atoms with Crippen molar-refractivity contribution in [3.63, 3.8) is 0 Å². The van der Waals surface area contributed by atoms with Crippen LogP contribution < -0.4 is 14.2 Å². The predicted molar refractivity (Wildman–Crippen MR) is 153 cm³/mol. The molecule has 0 aliphatic carbocycles. The van der Waals surface area contributed by atoms with Gasteiger partial charge in [-0.25, -0.2) is 0 Å². The number of hydrogen-bond acceptors (Lipinski definition) is 5. The van der Waals surface area contributed by atoms with Crippen molar-refractivity contribution in [1.29, 1.82) is 0 Å². The predicted octanol–water partition coefficient (Wildman–Crippen LogP) is 7.00. The van der Waals surface area contributed by atoms with E-state index in [-0.39, 0.29) is 0 Å². The number of methoxy groups -OCH3 is 1. The van der Waals surface area contributed by atoms with E-state index in [2.05, 4.69) is 108 Å². The number of rotatable bonds is 13. The average Bonchev–Trinajstić information content (AvgIpc) is 2.82. The minimum atomic E-state index is 0.495. The lowest BCUT2D eigenvalue weighted by atomic mass is 10.0. The summed E-state index contributed by atoms with van der Waals surface area (Å²) in [5, 5.41) is 4.51. The second-order valence-electron chi connectivity index (χ2n) is 10.7. The van der Waals surface area contributed by atoms with Crippen LogP contribution in [0.3, 0.4) is 0 Å². The first-order valence-corrected chi connectivity index (χ1v) is 13.4. The van der Waals surface area contributed by atoms with E-state index in [1.165, 1.54) is 5.39 Å². The van der Waals surface area contributed by atoms with E-state index in [0.717, 1.165) is 46.5 Å². The molecule has 0 bridgehead atoms. The molecule has 5 heteroatoms. The van der Waals surface area contributed by atoms with Crippen molar-refractivity contribution < 1.29 is 14.2 Å². The Bertz CT molecular complexity index is 1110. The highest BCUT2D eigenvalue weighted by Gasteiger charge is 2.15. The maximum Gasteiger partial charge on any atom is 0.127 e. The molecule has 198 valence electrons. The lowest BCUT2D eigenvalue weighted by molar-refractivity contribution is 0.142. The van der Waals surface area contributed by atoms with Crippen molar-refractivity contribution in [2.45, 2.75) is 79.6 Å². The summed E-state index contributed by atoms with van der Waals surface area (Å²) in [5.74, 6) is 2.60. The Morgan fingerprint density at radius 2 is 1.06 bits per heavy atom. The first kappa shape index (κ1) is 28.1. The fourth-order valence-electron chi connectivity index (χ4n) is 5.20. The van der Waals surface area contributed by atoms with Crippen LogP contribution in [0.2, 0.25) is 0 Å². The van der Waals surface area contributed by atoms with Crippen LogP contribution in [-0.4, -0.2) is 67.4 Å². The van der Waals surface area contributed by atoms with Gasteiger partial charge in [-0.15, -0.1) is 0 Å². The van der Waals surface area contributed by atoms with Crippen LogP contribution in [0.25, 0.3) is 21.5 Å². The molecule has 3 aromatic rings. The Morgan fingerprint density at radius 3 is 1.53 bits per heavy atom. The third-order valence-corrected chi connectivity index (χ3v) is 6.97. The van der Waals surface area contributed by atoms with Crippen LogP contribution in [0, 0.1) is 0 Å².